The highest BCUT2D eigenvalue weighted by molar-refractivity contribution is 8.00. The van der Waals surface area contributed by atoms with E-state index in [2.05, 4.69) is 15.5 Å². The number of carbonyl (C=O) groups is 2. The van der Waals surface area contributed by atoms with Crippen LogP contribution in [-0.2, 0) is 16.9 Å². The molecule has 1 atom stereocenters. The molecule has 3 amide bonds. The molecule has 0 radical (unpaired) electrons. The van der Waals surface area contributed by atoms with Crippen molar-refractivity contribution < 1.29 is 9.59 Å². The topological polar surface area (TPSA) is 75.2 Å². The number of rotatable bonds is 4. The summed E-state index contributed by atoms with van der Waals surface area (Å²) in [6.07, 6.45) is 1.90. The van der Waals surface area contributed by atoms with Crippen molar-refractivity contribution in [1.82, 2.24) is 20.4 Å². The van der Waals surface area contributed by atoms with Gasteiger partial charge in [-0.1, -0.05) is 46.8 Å². The van der Waals surface area contributed by atoms with E-state index in [1.165, 1.54) is 28.0 Å². The molecule has 0 saturated carbocycles. The zero-order chi connectivity index (χ0) is 16.6. The van der Waals surface area contributed by atoms with Crippen LogP contribution in [0.1, 0.15) is 17.5 Å². The highest BCUT2D eigenvalue weighted by atomic mass is 35.5. The first-order valence-electron chi connectivity index (χ1n) is 6.70. The molecule has 23 heavy (non-hydrogen) atoms. The van der Waals surface area contributed by atoms with Gasteiger partial charge in [0.05, 0.1) is 6.54 Å². The first-order chi connectivity index (χ1) is 10.9. The summed E-state index contributed by atoms with van der Waals surface area (Å²) >= 11 is 8.73. The molecule has 0 bridgehead atoms. The molecule has 9 heteroatoms. The largest absolute Gasteiger partial charge is 0.325 e. The van der Waals surface area contributed by atoms with E-state index in [1.807, 2.05) is 6.26 Å². The smallest absolute Gasteiger partial charge is 0.319 e. The van der Waals surface area contributed by atoms with Gasteiger partial charge in [-0.15, -0.1) is 10.2 Å². The van der Waals surface area contributed by atoms with Crippen LogP contribution in [0, 0.1) is 0 Å². The molecule has 1 saturated heterocycles. The van der Waals surface area contributed by atoms with Crippen molar-refractivity contribution in [3.8, 4) is 0 Å². The zero-order valence-corrected chi connectivity index (χ0v) is 14.8. The number of hydrogen-bond acceptors (Lipinski definition) is 6. The summed E-state index contributed by atoms with van der Waals surface area (Å²) in [6, 6.07) is 6.43. The monoisotopic (exact) mass is 368 g/mol. The number of benzene rings is 1. The number of aromatic nitrogens is 2. The van der Waals surface area contributed by atoms with Crippen LogP contribution in [0.4, 0.5) is 4.79 Å². The molecule has 120 valence electrons. The van der Waals surface area contributed by atoms with Crippen molar-refractivity contribution in [3.05, 3.63) is 39.9 Å². The minimum atomic E-state index is -1.10. The Balaban J connectivity index is 1.85. The Morgan fingerprint density at radius 2 is 2.00 bits per heavy atom. The van der Waals surface area contributed by atoms with Crippen molar-refractivity contribution >= 4 is 46.6 Å². The van der Waals surface area contributed by atoms with Gasteiger partial charge in [0.25, 0.3) is 5.91 Å². The first-order valence-corrected chi connectivity index (χ1v) is 9.12. The van der Waals surface area contributed by atoms with Gasteiger partial charge in [0, 0.05) is 5.02 Å². The van der Waals surface area contributed by atoms with E-state index in [9.17, 15) is 9.59 Å². The molecule has 0 aliphatic carbocycles. The fraction of sp³-hybridized carbons (Fsp3) is 0.286. The fourth-order valence-electron chi connectivity index (χ4n) is 2.34. The van der Waals surface area contributed by atoms with Gasteiger partial charge < -0.3 is 5.32 Å². The molecule has 0 spiro atoms. The van der Waals surface area contributed by atoms with E-state index >= 15 is 0 Å². The summed E-state index contributed by atoms with van der Waals surface area (Å²) in [5.41, 5.74) is -0.417. The van der Waals surface area contributed by atoms with Gasteiger partial charge in [-0.2, -0.15) is 0 Å². The van der Waals surface area contributed by atoms with Crippen LogP contribution in [0.3, 0.4) is 0 Å². The average Bonchev–Trinajstić information content (AvgIpc) is 3.07. The van der Waals surface area contributed by atoms with E-state index < -0.39 is 11.6 Å². The Morgan fingerprint density at radius 3 is 2.61 bits per heavy atom. The third kappa shape index (κ3) is 2.93. The quantitative estimate of drug-likeness (QED) is 0.663. The molecule has 2 heterocycles. The Hall–Kier alpha value is -1.64. The first kappa shape index (κ1) is 16.2. The van der Waals surface area contributed by atoms with E-state index in [4.69, 9.17) is 11.6 Å². The van der Waals surface area contributed by atoms with Crippen LogP contribution in [0.5, 0.6) is 0 Å². The van der Waals surface area contributed by atoms with Crippen molar-refractivity contribution in [2.24, 2.45) is 0 Å². The predicted molar refractivity (Wildman–Crippen MR) is 89.6 cm³/mol. The van der Waals surface area contributed by atoms with Gasteiger partial charge in [0.2, 0.25) is 0 Å². The summed E-state index contributed by atoms with van der Waals surface area (Å²) in [4.78, 5) is 26.2. The normalized spacial score (nSPS) is 20.9. The number of nitrogens with one attached hydrogen (secondary N) is 1. The maximum Gasteiger partial charge on any atom is 0.325 e. The van der Waals surface area contributed by atoms with E-state index in [-0.39, 0.29) is 12.5 Å². The molecule has 1 aliphatic heterocycles. The van der Waals surface area contributed by atoms with Crippen LogP contribution >= 0.6 is 34.7 Å². The fourth-order valence-corrected chi connectivity index (χ4v) is 3.77. The molecular formula is C14H13ClN4O2S2. The maximum atomic E-state index is 12.8. The number of urea groups is 1. The van der Waals surface area contributed by atoms with Gasteiger partial charge in [-0.05, 0) is 30.9 Å². The van der Waals surface area contributed by atoms with Gasteiger partial charge >= 0.3 is 6.03 Å². The average molecular weight is 369 g/mol. The number of hydrogen-bond donors (Lipinski definition) is 1. The number of amides is 3. The second-order valence-electron chi connectivity index (χ2n) is 5.12. The second-order valence-corrected chi connectivity index (χ2v) is 7.67. The second kappa shape index (κ2) is 6.10. The van der Waals surface area contributed by atoms with Gasteiger partial charge in [-0.3, -0.25) is 9.69 Å². The molecule has 1 aliphatic rings. The van der Waals surface area contributed by atoms with Crippen molar-refractivity contribution in [2.45, 2.75) is 23.3 Å². The van der Waals surface area contributed by atoms with E-state index in [0.717, 1.165) is 4.34 Å². The lowest BCUT2D eigenvalue weighted by Crippen LogP contribution is -2.40. The highest BCUT2D eigenvalue weighted by Crippen LogP contribution is 2.31. The van der Waals surface area contributed by atoms with Crippen molar-refractivity contribution in [2.75, 3.05) is 6.26 Å². The lowest BCUT2D eigenvalue weighted by atomic mass is 9.92. The van der Waals surface area contributed by atoms with Crippen molar-refractivity contribution in [1.29, 1.82) is 0 Å². The molecular weight excluding hydrogens is 356 g/mol. The van der Waals surface area contributed by atoms with Crippen LogP contribution in [0.2, 0.25) is 5.02 Å². The molecule has 1 N–H and O–H groups in total. The third-order valence-electron chi connectivity index (χ3n) is 3.61. The summed E-state index contributed by atoms with van der Waals surface area (Å²) in [5, 5.41) is 11.9. The molecule has 1 unspecified atom stereocenters. The molecule has 1 aromatic heterocycles. The number of thioether (sulfide) groups is 1. The predicted octanol–water partition coefficient (Wildman–Crippen LogP) is 2.88. The number of carbonyl (C=O) groups excluding carboxylic acids is 2. The zero-order valence-electron chi connectivity index (χ0n) is 12.4. The molecule has 1 fully saturated rings. The lowest BCUT2D eigenvalue weighted by Gasteiger charge is -2.22. The van der Waals surface area contributed by atoms with E-state index in [0.29, 0.717) is 15.6 Å². The van der Waals surface area contributed by atoms with Gasteiger partial charge in [0.15, 0.2) is 4.34 Å². The lowest BCUT2D eigenvalue weighted by molar-refractivity contribution is -0.131. The number of halogens is 1. The summed E-state index contributed by atoms with van der Waals surface area (Å²) in [7, 11) is 0. The molecule has 3 rings (SSSR count). The summed E-state index contributed by atoms with van der Waals surface area (Å²) in [6.45, 7) is 1.80. The van der Waals surface area contributed by atoms with Crippen LogP contribution in [0.25, 0.3) is 0 Å². The van der Waals surface area contributed by atoms with Gasteiger partial charge in [-0.25, -0.2) is 4.79 Å². The van der Waals surface area contributed by atoms with Crippen LogP contribution < -0.4 is 5.32 Å². The third-order valence-corrected chi connectivity index (χ3v) is 5.75. The Morgan fingerprint density at radius 1 is 1.30 bits per heavy atom. The standard InChI is InChI=1S/C14H13ClN4O2S2/c1-14(8-3-5-9(15)6-4-8)11(20)19(12(21)16-14)7-10-17-18-13(22-2)23-10/h3-6H,7H2,1-2H3,(H,16,21). The molecule has 6 nitrogen and oxygen atoms in total. The summed E-state index contributed by atoms with van der Waals surface area (Å²) in [5.74, 6) is -0.314. The number of nitrogens with zero attached hydrogens (tertiary/aromatic N) is 3. The van der Waals surface area contributed by atoms with Crippen LogP contribution in [0.15, 0.2) is 28.6 Å². The Labute approximate surface area is 146 Å². The SMILES string of the molecule is CSc1nnc(CN2C(=O)NC(C)(c3ccc(Cl)cc3)C2=O)s1. The van der Waals surface area contributed by atoms with Crippen LogP contribution in [-0.4, -0.2) is 33.3 Å². The van der Waals surface area contributed by atoms with Gasteiger partial charge in [0.1, 0.15) is 10.5 Å². The number of imide groups is 1. The Bertz CT molecular complexity index is 764. The molecule has 1 aromatic carbocycles. The maximum absolute atomic E-state index is 12.8. The van der Waals surface area contributed by atoms with E-state index in [1.54, 1.807) is 31.2 Å². The highest BCUT2D eigenvalue weighted by Gasteiger charge is 2.49. The summed E-state index contributed by atoms with van der Waals surface area (Å²) < 4.78 is 0.799. The minimum Gasteiger partial charge on any atom is -0.319 e. The van der Waals surface area contributed by atoms with Crippen molar-refractivity contribution in [3.63, 3.8) is 0 Å². The Kier molecular flexibility index (Phi) is 4.31. The molecule has 2 aromatic rings. The minimum absolute atomic E-state index is 0.117.